The molecule has 2 N–H and O–H groups in total. The van der Waals surface area contributed by atoms with Crippen molar-refractivity contribution in [3.63, 3.8) is 0 Å². The van der Waals surface area contributed by atoms with E-state index in [0.717, 1.165) is 6.33 Å². The highest BCUT2D eigenvalue weighted by Gasteiger charge is 2.71. The zero-order valence-electron chi connectivity index (χ0n) is 27.9. The summed E-state index contributed by atoms with van der Waals surface area (Å²) in [5, 5.41) is -2.39. The van der Waals surface area contributed by atoms with E-state index >= 15 is 0 Å². The predicted molar refractivity (Wildman–Crippen MR) is 166 cm³/mol. The summed E-state index contributed by atoms with van der Waals surface area (Å²) in [5.74, 6) is 0.0224. The van der Waals surface area contributed by atoms with Gasteiger partial charge in [-0.2, -0.15) is 21.6 Å². The Morgan fingerprint density at radius 2 is 1.42 bits per heavy atom. The zero-order chi connectivity index (χ0) is 34.4. The van der Waals surface area contributed by atoms with Gasteiger partial charge in [-0.3, -0.25) is 8.75 Å². The first kappa shape index (κ1) is 36.2. The third kappa shape index (κ3) is 5.86. The minimum Gasteiger partial charge on any atom is -0.413 e. The molecular formula is C27H46F3N5O7SSi2. The Labute approximate surface area is 265 Å². The number of halogens is 3. The molecule has 0 radical (unpaired) electrons. The highest BCUT2D eigenvalue weighted by molar-refractivity contribution is 7.87. The van der Waals surface area contributed by atoms with Gasteiger partial charge in [-0.15, -0.1) is 0 Å². The number of hydrogen-bond acceptors (Lipinski definition) is 11. The van der Waals surface area contributed by atoms with Gasteiger partial charge in [0, 0.05) is 20.2 Å². The number of imidazole rings is 1. The molecule has 4 rings (SSSR count). The summed E-state index contributed by atoms with van der Waals surface area (Å²) in [7, 11) is -13.2. The molecule has 0 spiro atoms. The third-order valence-corrected chi connectivity index (χ3v) is 20.9. The van der Waals surface area contributed by atoms with Crippen molar-refractivity contribution < 1.29 is 43.5 Å². The highest BCUT2D eigenvalue weighted by Crippen LogP contribution is 2.62. The first-order valence-corrected chi connectivity index (χ1v) is 19.7. The fourth-order valence-corrected chi connectivity index (χ4v) is 21.6. The Balaban J connectivity index is 2.01. The van der Waals surface area contributed by atoms with Crippen molar-refractivity contribution in [1.82, 2.24) is 19.5 Å². The Bertz CT molecular complexity index is 1500. The normalized spacial score (nSPS) is 26.8. The van der Waals surface area contributed by atoms with Gasteiger partial charge >= 0.3 is 32.7 Å². The molecule has 0 aromatic carbocycles. The predicted octanol–water partition coefficient (Wildman–Crippen LogP) is 6.06. The van der Waals surface area contributed by atoms with Crippen LogP contribution in [0.4, 0.5) is 19.0 Å². The lowest BCUT2D eigenvalue weighted by molar-refractivity contribution is -0.0695. The summed E-state index contributed by atoms with van der Waals surface area (Å²) >= 11 is 0. The monoisotopic (exact) mass is 697 g/mol. The number of anilines is 1. The second kappa shape index (κ2) is 10.9. The van der Waals surface area contributed by atoms with Gasteiger partial charge in [0.15, 0.2) is 23.8 Å². The van der Waals surface area contributed by atoms with Crippen LogP contribution in [0.2, 0.25) is 20.2 Å². The van der Waals surface area contributed by atoms with Crippen LogP contribution in [-0.2, 0) is 32.0 Å². The maximum Gasteiger partial charge on any atom is 0.523 e. The van der Waals surface area contributed by atoms with Gasteiger partial charge in [-0.1, -0.05) is 83.1 Å². The number of nitrogens with zero attached hydrogens (tertiary/aromatic N) is 4. The van der Waals surface area contributed by atoms with Crippen LogP contribution in [0.3, 0.4) is 0 Å². The molecule has 0 bridgehead atoms. The van der Waals surface area contributed by atoms with Gasteiger partial charge in [0.05, 0.1) is 12.9 Å². The second-order valence-corrected chi connectivity index (χ2v) is 27.2. The Hall–Kier alpha value is -1.68. The van der Waals surface area contributed by atoms with Gasteiger partial charge in [0.1, 0.15) is 24.1 Å². The summed E-state index contributed by atoms with van der Waals surface area (Å²) in [5.41, 5.74) is 0.524. The molecule has 4 atom stereocenters. The van der Waals surface area contributed by atoms with Crippen LogP contribution in [0.1, 0.15) is 89.3 Å². The Morgan fingerprint density at radius 3 is 1.91 bits per heavy atom. The fourth-order valence-electron chi connectivity index (χ4n) is 6.86. The van der Waals surface area contributed by atoms with Crippen LogP contribution < -0.4 is 5.73 Å². The largest absolute Gasteiger partial charge is 0.523 e. The van der Waals surface area contributed by atoms with Crippen molar-refractivity contribution in [2.75, 3.05) is 12.3 Å². The zero-order valence-corrected chi connectivity index (χ0v) is 30.8. The number of alkyl halides is 3. The van der Waals surface area contributed by atoms with Crippen LogP contribution in [0, 0.1) is 0 Å². The molecule has 4 heterocycles. The SMILES string of the molecule is CC(C)(C)[Si]1(C(C)(C)C)OC[C@H]2O[C@@H](n3cnc4c(N)ncnc43)[C@@H](OS(=O)(=O)C(F)(F)F)[C@@H]2O[Si](C(C)(C)C)(C(C)(C)C)O1. The van der Waals surface area contributed by atoms with E-state index in [1.807, 2.05) is 41.5 Å². The number of aromatic nitrogens is 4. The molecule has 2 aliphatic heterocycles. The number of fused-ring (bicyclic) bond motifs is 2. The van der Waals surface area contributed by atoms with Gasteiger partial charge in [-0.05, 0) is 0 Å². The molecule has 0 aliphatic carbocycles. The molecule has 45 heavy (non-hydrogen) atoms. The summed E-state index contributed by atoms with van der Waals surface area (Å²) in [4.78, 5) is 12.3. The summed E-state index contributed by atoms with van der Waals surface area (Å²) in [6, 6.07) is 0. The van der Waals surface area contributed by atoms with Gasteiger partial charge < -0.3 is 23.4 Å². The molecule has 256 valence electrons. The first-order valence-electron chi connectivity index (χ1n) is 14.7. The van der Waals surface area contributed by atoms with Crippen LogP contribution >= 0.6 is 0 Å². The molecule has 2 aromatic rings. The topological polar surface area (TPSA) is 150 Å². The molecule has 18 heteroatoms. The lowest BCUT2D eigenvalue weighted by Crippen LogP contribution is -2.72. The molecule has 0 amide bonds. The number of ether oxygens (including phenoxy) is 1. The van der Waals surface area contributed by atoms with E-state index in [-0.39, 0.29) is 23.6 Å². The maximum absolute atomic E-state index is 13.8. The average Bonchev–Trinajstić information content (AvgIpc) is 3.37. The molecular weight excluding hydrogens is 652 g/mol. The quantitative estimate of drug-likeness (QED) is 0.227. The van der Waals surface area contributed by atoms with Crippen molar-refractivity contribution >= 4 is 44.2 Å². The van der Waals surface area contributed by atoms with Gasteiger partial charge in [-0.25, -0.2) is 15.0 Å². The number of hydrogen-bond donors (Lipinski definition) is 1. The Kier molecular flexibility index (Phi) is 8.78. The van der Waals surface area contributed by atoms with Crippen LogP contribution in [-0.4, -0.2) is 75.5 Å². The molecule has 2 aliphatic rings. The van der Waals surface area contributed by atoms with E-state index < -0.39 is 77.4 Å². The van der Waals surface area contributed by atoms with E-state index in [4.69, 9.17) is 27.6 Å². The van der Waals surface area contributed by atoms with Crippen molar-refractivity contribution in [3.8, 4) is 0 Å². The fraction of sp³-hybridized carbons (Fsp3) is 0.815. The smallest absolute Gasteiger partial charge is 0.413 e. The molecule has 0 unspecified atom stereocenters. The molecule has 2 fully saturated rings. The van der Waals surface area contributed by atoms with E-state index in [9.17, 15) is 21.6 Å². The van der Waals surface area contributed by atoms with Gasteiger partial charge in [0.2, 0.25) is 0 Å². The van der Waals surface area contributed by atoms with Crippen LogP contribution in [0.5, 0.6) is 0 Å². The van der Waals surface area contributed by atoms with E-state index in [1.54, 1.807) is 0 Å². The lowest BCUT2D eigenvalue weighted by Gasteiger charge is -2.60. The summed E-state index contributed by atoms with van der Waals surface area (Å²) < 4.78 is 101. The van der Waals surface area contributed by atoms with E-state index in [2.05, 4.69) is 56.5 Å². The highest BCUT2D eigenvalue weighted by atomic mass is 32.2. The maximum atomic E-state index is 13.8. The number of rotatable bonds is 3. The van der Waals surface area contributed by atoms with Crippen LogP contribution in [0.15, 0.2) is 12.7 Å². The molecule has 2 aromatic heterocycles. The number of nitrogen functional groups attached to an aromatic ring is 1. The third-order valence-electron chi connectivity index (χ3n) is 8.46. The summed E-state index contributed by atoms with van der Waals surface area (Å²) in [6.07, 6.45) is -3.33. The minimum absolute atomic E-state index is 0.0224. The molecule has 0 saturated carbocycles. The molecule has 12 nitrogen and oxygen atoms in total. The van der Waals surface area contributed by atoms with E-state index in [0.29, 0.717) is 0 Å². The lowest BCUT2D eigenvalue weighted by atomic mass is 10.1. The van der Waals surface area contributed by atoms with E-state index in [1.165, 1.54) is 10.9 Å². The second-order valence-electron chi connectivity index (χ2n) is 15.8. The molecule has 2 saturated heterocycles. The van der Waals surface area contributed by atoms with Crippen molar-refractivity contribution in [3.05, 3.63) is 12.7 Å². The Morgan fingerprint density at radius 1 is 0.889 bits per heavy atom. The number of nitrogens with two attached hydrogens (primary N) is 1. The summed E-state index contributed by atoms with van der Waals surface area (Å²) in [6.45, 7) is 23.9. The standard InChI is InChI=1S/C27H46F3N5O7SSi2/c1-23(2,3)44(24(4,5)6)38-13-16-18(41-45(42-44,25(7,8)9)26(10,11)12)19(40-43(36,37)27(28,29)30)22(39-16)35-15-34-17-20(31)32-14-33-21(17)35/h14-16,18-19,22H,13H2,1-12H3,(H2,31,32,33)/t16-,18-,19+,22-/m1/s1. The minimum atomic E-state index is -6.12. The average molecular weight is 698 g/mol. The first-order chi connectivity index (χ1) is 20.1. The van der Waals surface area contributed by atoms with Crippen molar-refractivity contribution in [2.24, 2.45) is 0 Å². The van der Waals surface area contributed by atoms with Crippen LogP contribution in [0.25, 0.3) is 11.2 Å². The van der Waals surface area contributed by atoms with Crippen molar-refractivity contribution in [2.45, 2.75) is 133 Å². The van der Waals surface area contributed by atoms with Crippen molar-refractivity contribution in [1.29, 1.82) is 0 Å². The van der Waals surface area contributed by atoms with Gasteiger partial charge in [0.25, 0.3) is 0 Å².